The van der Waals surface area contributed by atoms with Crippen molar-refractivity contribution in [1.29, 1.82) is 0 Å². The Labute approximate surface area is 206 Å². The van der Waals surface area contributed by atoms with Crippen molar-refractivity contribution in [2.75, 3.05) is 13.1 Å². The molecule has 4 rings (SSSR count). The summed E-state index contributed by atoms with van der Waals surface area (Å²) >= 11 is 0. The molecule has 1 N–H and O–H groups in total. The molecule has 0 radical (unpaired) electrons. The number of nitrogens with zero attached hydrogens (tertiary/aromatic N) is 3. The zero-order chi connectivity index (χ0) is 24.6. The minimum Gasteiger partial charge on any atom is -0.438 e. The third kappa shape index (κ3) is 6.56. The average molecular weight is 474 g/mol. The van der Waals surface area contributed by atoms with E-state index in [-0.39, 0.29) is 5.82 Å². The van der Waals surface area contributed by atoms with Gasteiger partial charge >= 0.3 is 0 Å². The van der Waals surface area contributed by atoms with Crippen molar-refractivity contribution in [1.82, 2.24) is 14.7 Å². The van der Waals surface area contributed by atoms with Gasteiger partial charge in [0.15, 0.2) is 0 Å². The molecule has 0 aliphatic rings. The fourth-order valence-electron chi connectivity index (χ4n) is 4.24. The van der Waals surface area contributed by atoms with Crippen LogP contribution >= 0.6 is 0 Å². The second-order valence-electron chi connectivity index (χ2n) is 8.75. The lowest BCUT2D eigenvalue weighted by Gasteiger charge is -2.25. The fraction of sp³-hybridized carbons (Fsp3) is 0.276. The van der Waals surface area contributed by atoms with Crippen LogP contribution in [0, 0.1) is 12.7 Å². The predicted octanol–water partition coefficient (Wildman–Crippen LogP) is 5.93. The van der Waals surface area contributed by atoms with Crippen molar-refractivity contribution in [3.63, 3.8) is 0 Å². The zero-order valence-electron chi connectivity index (χ0n) is 20.3. The van der Waals surface area contributed by atoms with E-state index < -0.39 is 6.10 Å². The van der Waals surface area contributed by atoms with Crippen molar-refractivity contribution in [2.24, 2.45) is 0 Å². The van der Waals surface area contributed by atoms with Gasteiger partial charge in [0.25, 0.3) is 0 Å². The van der Waals surface area contributed by atoms with E-state index >= 15 is 0 Å². The molecular formula is C29H32FN3O2. The number of aromatic nitrogens is 2. The molecule has 35 heavy (non-hydrogen) atoms. The lowest BCUT2D eigenvalue weighted by Crippen LogP contribution is -2.34. The monoisotopic (exact) mass is 473 g/mol. The first-order valence-corrected chi connectivity index (χ1v) is 12.0. The maximum Gasteiger partial charge on any atom is 0.227 e. The van der Waals surface area contributed by atoms with Gasteiger partial charge in [0, 0.05) is 19.2 Å². The van der Waals surface area contributed by atoms with Crippen molar-refractivity contribution in [3.8, 4) is 17.3 Å². The molecular weight excluding hydrogens is 441 g/mol. The van der Waals surface area contributed by atoms with Gasteiger partial charge in [0.2, 0.25) is 5.88 Å². The molecule has 182 valence electrons. The van der Waals surface area contributed by atoms with Gasteiger partial charge in [-0.05, 0) is 56.1 Å². The molecule has 0 spiro atoms. The molecule has 5 nitrogen and oxygen atoms in total. The number of aryl methyl sites for hydroxylation is 1. The lowest BCUT2D eigenvalue weighted by atomic mass is 10.1. The van der Waals surface area contributed by atoms with E-state index in [1.54, 1.807) is 16.8 Å². The van der Waals surface area contributed by atoms with Crippen molar-refractivity contribution >= 4 is 0 Å². The van der Waals surface area contributed by atoms with E-state index in [9.17, 15) is 9.50 Å². The largest absolute Gasteiger partial charge is 0.438 e. The number of benzene rings is 3. The standard InChI is InChI=1S/C29H32FN3O2/c1-3-17-32(20-26(34)18-23-11-6-4-7-12-23)21-28-22(2)31-33(25-14-8-5-9-15-25)29(28)35-27-16-10-13-24(30)19-27/h4-16,19,26,34H,3,17-18,20-21H2,1-2H3/t26-/m0/s1. The van der Waals surface area contributed by atoms with E-state index in [0.29, 0.717) is 31.1 Å². The van der Waals surface area contributed by atoms with Crippen LogP contribution < -0.4 is 4.74 Å². The van der Waals surface area contributed by atoms with Crippen LogP contribution in [0.15, 0.2) is 84.9 Å². The molecule has 1 heterocycles. The van der Waals surface area contributed by atoms with Crippen molar-refractivity contribution < 1.29 is 14.2 Å². The van der Waals surface area contributed by atoms with Crippen LogP contribution in [0.25, 0.3) is 5.69 Å². The molecule has 0 bridgehead atoms. The highest BCUT2D eigenvalue weighted by Gasteiger charge is 2.22. The highest BCUT2D eigenvalue weighted by atomic mass is 19.1. The summed E-state index contributed by atoms with van der Waals surface area (Å²) in [5, 5.41) is 15.6. The Bertz CT molecular complexity index is 1210. The maximum absolute atomic E-state index is 13.9. The third-order valence-electron chi connectivity index (χ3n) is 5.85. The molecule has 1 atom stereocenters. The Balaban J connectivity index is 1.62. The summed E-state index contributed by atoms with van der Waals surface area (Å²) in [6.07, 6.45) is 1.04. The Morgan fingerprint density at radius 2 is 1.71 bits per heavy atom. The minimum atomic E-state index is -0.499. The lowest BCUT2D eigenvalue weighted by molar-refractivity contribution is 0.108. The molecule has 0 aliphatic heterocycles. The van der Waals surface area contributed by atoms with E-state index in [1.165, 1.54) is 12.1 Å². The van der Waals surface area contributed by atoms with E-state index in [2.05, 4.69) is 11.8 Å². The molecule has 0 unspecified atom stereocenters. The maximum atomic E-state index is 13.9. The molecule has 0 saturated carbocycles. The van der Waals surface area contributed by atoms with Gasteiger partial charge < -0.3 is 9.84 Å². The highest BCUT2D eigenvalue weighted by molar-refractivity contribution is 5.43. The topological polar surface area (TPSA) is 50.5 Å². The Morgan fingerprint density at radius 1 is 1.00 bits per heavy atom. The molecule has 6 heteroatoms. The predicted molar refractivity (Wildman–Crippen MR) is 136 cm³/mol. The van der Waals surface area contributed by atoms with Crippen LogP contribution in [0.2, 0.25) is 0 Å². The van der Waals surface area contributed by atoms with E-state index in [1.807, 2.05) is 67.6 Å². The number of hydrogen-bond acceptors (Lipinski definition) is 4. The average Bonchev–Trinajstić information content (AvgIpc) is 3.15. The minimum absolute atomic E-state index is 0.358. The number of para-hydroxylation sites is 1. The van der Waals surface area contributed by atoms with E-state index in [0.717, 1.165) is 35.5 Å². The number of aliphatic hydroxyl groups excluding tert-OH is 1. The smallest absolute Gasteiger partial charge is 0.227 e. The summed E-state index contributed by atoms with van der Waals surface area (Å²) < 4.78 is 21.9. The number of aliphatic hydroxyl groups is 1. The molecule has 1 aromatic heterocycles. The first-order valence-electron chi connectivity index (χ1n) is 12.0. The Kier molecular flexibility index (Phi) is 8.29. The van der Waals surface area contributed by atoms with Gasteiger partial charge in [-0.3, -0.25) is 4.90 Å². The number of halogens is 1. The second kappa shape index (κ2) is 11.8. The SMILES string of the molecule is CCCN(Cc1c(C)nn(-c2ccccc2)c1Oc1cccc(F)c1)C[C@@H](O)Cc1ccccc1. The zero-order valence-corrected chi connectivity index (χ0v) is 20.3. The van der Waals surface area contributed by atoms with Gasteiger partial charge in [-0.25, -0.2) is 9.07 Å². The second-order valence-corrected chi connectivity index (χ2v) is 8.75. The summed E-state index contributed by atoms with van der Waals surface area (Å²) in [6.45, 7) is 5.99. The van der Waals surface area contributed by atoms with Crippen LogP contribution in [0.4, 0.5) is 4.39 Å². The highest BCUT2D eigenvalue weighted by Crippen LogP contribution is 2.32. The van der Waals surface area contributed by atoms with Crippen LogP contribution in [0.1, 0.15) is 30.2 Å². The third-order valence-corrected chi connectivity index (χ3v) is 5.85. The fourth-order valence-corrected chi connectivity index (χ4v) is 4.24. The molecule has 4 aromatic rings. The van der Waals surface area contributed by atoms with Gasteiger partial charge in [0.05, 0.1) is 23.0 Å². The van der Waals surface area contributed by atoms with Gasteiger partial charge in [0.1, 0.15) is 11.6 Å². The summed E-state index contributed by atoms with van der Waals surface area (Å²) in [5.41, 5.74) is 3.72. The van der Waals surface area contributed by atoms with Crippen molar-refractivity contribution in [3.05, 3.63) is 108 Å². The van der Waals surface area contributed by atoms with Gasteiger partial charge in [-0.1, -0.05) is 61.5 Å². The van der Waals surface area contributed by atoms with Crippen LogP contribution in [-0.2, 0) is 13.0 Å². The van der Waals surface area contributed by atoms with Crippen LogP contribution in [0.5, 0.6) is 11.6 Å². The molecule has 0 fully saturated rings. The number of ether oxygens (including phenoxy) is 1. The Hall–Kier alpha value is -3.48. The van der Waals surface area contributed by atoms with E-state index in [4.69, 9.17) is 9.84 Å². The summed E-state index contributed by atoms with van der Waals surface area (Å²) in [7, 11) is 0. The first kappa shape index (κ1) is 24.6. The molecule has 3 aromatic carbocycles. The Morgan fingerprint density at radius 3 is 2.40 bits per heavy atom. The van der Waals surface area contributed by atoms with Crippen LogP contribution in [-0.4, -0.2) is 39.0 Å². The summed E-state index contributed by atoms with van der Waals surface area (Å²) in [5.74, 6) is 0.607. The van der Waals surface area contributed by atoms with Gasteiger partial charge in [-0.15, -0.1) is 0 Å². The normalized spacial score (nSPS) is 12.1. The quantitative estimate of drug-likeness (QED) is 0.293. The molecule has 0 amide bonds. The number of hydrogen-bond donors (Lipinski definition) is 1. The molecule has 0 aliphatic carbocycles. The van der Waals surface area contributed by atoms with Crippen LogP contribution in [0.3, 0.4) is 0 Å². The summed E-state index contributed by atoms with van der Waals surface area (Å²) in [4.78, 5) is 2.23. The summed E-state index contributed by atoms with van der Waals surface area (Å²) in [6, 6.07) is 25.9. The number of rotatable bonds is 11. The first-order chi connectivity index (χ1) is 17.0. The van der Waals surface area contributed by atoms with Crippen molar-refractivity contribution in [2.45, 2.75) is 39.3 Å². The molecule has 0 saturated heterocycles. The van der Waals surface area contributed by atoms with Gasteiger partial charge in [-0.2, -0.15) is 5.10 Å².